The van der Waals surface area contributed by atoms with Crippen LogP contribution in [0.2, 0.25) is 0 Å². The van der Waals surface area contributed by atoms with E-state index in [1.807, 2.05) is 61.0 Å². The van der Waals surface area contributed by atoms with E-state index in [0.717, 1.165) is 12.1 Å². The van der Waals surface area contributed by atoms with E-state index >= 15 is 0 Å². The quantitative estimate of drug-likeness (QED) is 0.643. The Bertz CT molecular complexity index is 324. The average Bonchev–Trinajstić information content (AvgIpc) is 2.26. The second kappa shape index (κ2) is 6.07. The highest BCUT2D eigenvalue weighted by molar-refractivity contribution is 14.1. The number of nitrogens with one attached hydrogen (secondary N) is 2. The summed E-state index contributed by atoms with van der Waals surface area (Å²) in [5.74, 6) is 0. The average molecular weight is 318 g/mol. The molecule has 1 aromatic rings. The van der Waals surface area contributed by atoms with E-state index in [-0.39, 0.29) is 9.83 Å². The minimum Gasteiger partial charge on any atom is -0.388 e. The van der Waals surface area contributed by atoms with Gasteiger partial charge in [0.15, 0.2) is 0 Å². The topological polar surface area (TPSA) is 41.1 Å². The van der Waals surface area contributed by atoms with Crippen molar-refractivity contribution < 1.29 is 4.79 Å². The van der Waals surface area contributed by atoms with E-state index in [2.05, 4.69) is 10.6 Å². The van der Waals surface area contributed by atoms with E-state index < -0.39 is 0 Å². The van der Waals surface area contributed by atoms with Crippen molar-refractivity contribution in [3.63, 3.8) is 0 Å². The molecule has 0 fully saturated rings. The van der Waals surface area contributed by atoms with Crippen LogP contribution >= 0.6 is 22.6 Å². The molecule has 0 unspecified atom stereocenters. The lowest BCUT2D eigenvalue weighted by Gasteiger charge is -2.11. The molecule has 2 N–H and O–H groups in total. The van der Waals surface area contributed by atoms with Crippen LogP contribution in [0.4, 0.5) is 5.69 Å². The summed E-state index contributed by atoms with van der Waals surface area (Å²) in [6.07, 6.45) is 0.738. The maximum Gasteiger partial charge on any atom is 0.209 e. The molecule has 3 nitrogen and oxygen atoms in total. The van der Waals surface area contributed by atoms with Gasteiger partial charge in [-0.2, -0.15) is 0 Å². The Labute approximate surface area is 104 Å². The number of carbonyl (C=O) groups excluding carboxylic acids is 1. The van der Waals surface area contributed by atoms with Crippen LogP contribution in [0.15, 0.2) is 24.3 Å². The third-order valence-corrected chi connectivity index (χ3v) is 3.06. The highest BCUT2D eigenvalue weighted by Crippen LogP contribution is 2.11. The van der Waals surface area contributed by atoms with Gasteiger partial charge < -0.3 is 10.6 Å². The lowest BCUT2D eigenvalue weighted by Crippen LogP contribution is -2.32. The van der Waals surface area contributed by atoms with Crippen molar-refractivity contribution in [1.82, 2.24) is 5.32 Å². The molecular formula is C11H15IN2O. The van der Waals surface area contributed by atoms with Crippen LogP contribution < -0.4 is 10.6 Å². The standard InChI is InChI=1S/C11H15IN2O/c1-13-9-5-3-8(4-6-9)7-10(14-2)11(12)15/h3-6,10,13-14H,7H2,1-2H3/t10-/m1/s1. The molecule has 0 aliphatic carbocycles. The van der Waals surface area contributed by atoms with Gasteiger partial charge in [0.25, 0.3) is 0 Å². The number of likely N-dealkylation sites (N-methyl/N-ethyl adjacent to an activating group) is 1. The summed E-state index contributed by atoms with van der Waals surface area (Å²) in [6, 6.07) is 8.01. The normalized spacial score (nSPS) is 12.2. The fraction of sp³-hybridized carbons (Fsp3) is 0.364. The first-order valence-electron chi connectivity index (χ1n) is 4.80. The first kappa shape index (κ1) is 12.4. The highest BCUT2D eigenvalue weighted by atomic mass is 127. The van der Waals surface area contributed by atoms with E-state index in [0.29, 0.717) is 0 Å². The number of hydrogen-bond acceptors (Lipinski definition) is 3. The third-order valence-electron chi connectivity index (χ3n) is 2.30. The summed E-state index contributed by atoms with van der Waals surface area (Å²) < 4.78 is 0.146. The largest absolute Gasteiger partial charge is 0.388 e. The zero-order chi connectivity index (χ0) is 11.3. The zero-order valence-corrected chi connectivity index (χ0v) is 11.0. The van der Waals surface area contributed by atoms with Crippen LogP contribution in [0.25, 0.3) is 0 Å². The number of halogens is 1. The molecule has 0 spiro atoms. The highest BCUT2D eigenvalue weighted by Gasteiger charge is 2.13. The first-order valence-corrected chi connectivity index (χ1v) is 5.88. The van der Waals surface area contributed by atoms with Gasteiger partial charge in [-0.25, -0.2) is 0 Å². The molecule has 0 aliphatic heterocycles. The van der Waals surface area contributed by atoms with Crippen LogP contribution in [-0.4, -0.2) is 23.9 Å². The maximum absolute atomic E-state index is 11.2. The summed E-state index contributed by atoms with van der Waals surface area (Å²) in [5, 5.41) is 6.07. The first-order chi connectivity index (χ1) is 7.17. The van der Waals surface area contributed by atoms with Gasteiger partial charge in [0, 0.05) is 35.3 Å². The van der Waals surface area contributed by atoms with Crippen LogP contribution in [0.3, 0.4) is 0 Å². The van der Waals surface area contributed by atoms with Gasteiger partial charge in [0.1, 0.15) is 0 Å². The van der Waals surface area contributed by atoms with Crippen molar-refractivity contribution in [1.29, 1.82) is 0 Å². The minimum atomic E-state index is -0.0916. The van der Waals surface area contributed by atoms with Crippen molar-refractivity contribution in [2.45, 2.75) is 12.5 Å². The molecule has 0 saturated carbocycles. The van der Waals surface area contributed by atoms with Gasteiger partial charge in [-0.15, -0.1) is 0 Å². The smallest absolute Gasteiger partial charge is 0.209 e. The Morgan fingerprint density at radius 1 is 1.33 bits per heavy atom. The van der Waals surface area contributed by atoms with Crippen LogP contribution in [0.1, 0.15) is 5.56 Å². The fourth-order valence-corrected chi connectivity index (χ4v) is 1.87. The summed E-state index contributed by atoms with van der Waals surface area (Å²) in [6.45, 7) is 0. The predicted molar refractivity (Wildman–Crippen MR) is 71.6 cm³/mol. The molecule has 1 aromatic carbocycles. The van der Waals surface area contributed by atoms with Crippen molar-refractivity contribution in [3.05, 3.63) is 29.8 Å². The molecule has 0 heterocycles. The Kier molecular flexibility index (Phi) is 5.04. The fourth-order valence-electron chi connectivity index (χ4n) is 1.34. The maximum atomic E-state index is 11.2. The van der Waals surface area contributed by atoms with E-state index in [9.17, 15) is 4.79 Å². The van der Waals surface area contributed by atoms with Gasteiger partial charge in [-0.3, -0.25) is 4.79 Å². The molecule has 0 amide bonds. The van der Waals surface area contributed by atoms with Gasteiger partial charge in [0.05, 0.1) is 6.04 Å². The molecule has 1 atom stereocenters. The van der Waals surface area contributed by atoms with Gasteiger partial charge in [0.2, 0.25) is 3.79 Å². The monoisotopic (exact) mass is 318 g/mol. The molecule has 0 saturated heterocycles. The second-order valence-electron chi connectivity index (χ2n) is 3.30. The number of benzene rings is 1. The second-order valence-corrected chi connectivity index (χ2v) is 4.36. The van der Waals surface area contributed by atoms with Crippen molar-refractivity contribution in [2.75, 3.05) is 19.4 Å². The Hall–Kier alpha value is -0.620. The molecular weight excluding hydrogens is 303 g/mol. The zero-order valence-electron chi connectivity index (χ0n) is 8.88. The predicted octanol–water partition coefficient (Wildman–Crippen LogP) is 1.82. The molecule has 4 heteroatoms. The lowest BCUT2D eigenvalue weighted by atomic mass is 10.1. The molecule has 0 aromatic heterocycles. The Balaban J connectivity index is 2.67. The lowest BCUT2D eigenvalue weighted by molar-refractivity contribution is -0.111. The van der Waals surface area contributed by atoms with Crippen molar-refractivity contribution >= 4 is 32.1 Å². The Morgan fingerprint density at radius 2 is 1.93 bits per heavy atom. The number of anilines is 1. The third kappa shape index (κ3) is 3.79. The van der Waals surface area contributed by atoms with Crippen molar-refractivity contribution in [2.24, 2.45) is 0 Å². The minimum absolute atomic E-state index is 0.0916. The van der Waals surface area contributed by atoms with Crippen LogP contribution in [-0.2, 0) is 11.2 Å². The molecule has 82 valence electrons. The summed E-state index contributed by atoms with van der Waals surface area (Å²) >= 11 is 1.83. The number of carbonyl (C=O) groups is 1. The molecule has 1 rings (SSSR count). The van der Waals surface area contributed by atoms with E-state index in [1.165, 1.54) is 5.56 Å². The molecule has 0 radical (unpaired) electrons. The summed E-state index contributed by atoms with van der Waals surface area (Å²) in [4.78, 5) is 11.2. The summed E-state index contributed by atoms with van der Waals surface area (Å²) in [5.41, 5.74) is 2.25. The van der Waals surface area contributed by atoms with E-state index in [1.54, 1.807) is 0 Å². The summed E-state index contributed by atoms with van der Waals surface area (Å²) in [7, 11) is 3.70. The SMILES string of the molecule is CNc1ccc(C[C@@H](NC)C(=O)I)cc1. The van der Waals surface area contributed by atoms with Crippen molar-refractivity contribution in [3.8, 4) is 0 Å². The molecule has 0 aliphatic rings. The van der Waals surface area contributed by atoms with Gasteiger partial charge in [-0.1, -0.05) is 12.1 Å². The van der Waals surface area contributed by atoms with Crippen LogP contribution in [0.5, 0.6) is 0 Å². The molecule has 0 bridgehead atoms. The number of rotatable bonds is 5. The van der Waals surface area contributed by atoms with E-state index in [4.69, 9.17) is 0 Å². The Morgan fingerprint density at radius 3 is 2.33 bits per heavy atom. The van der Waals surface area contributed by atoms with Gasteiger partial charge in [-0.05, 0) is 31.2 Å². The van der Waals surface area contributed by atoms with Crippen LogP contribution in [0, 0.1) is 0 Å². The molecule has 15 heavy (non-hydrogen) atoms. The number of hydrogen-bond donors (Lipinski definition) is 2. The van der Waals surface area contributed by atoms with Gasteiger partial charge >= 0.3 is 0 Å².